The summed E-state index contributed by atoms with van der Waals surface area (Å²) in [6, 6.07) is 22.3. The van der Waals surface area contributed by atoms with E-state index in [4.69, 9.17) is 9.84 Å². The monoisotopic (exact) mass is 408 g/mol. The summed E-state index contributed by atoms with van der Waals surface area (Å²) < 4.78 is 46.2. The van der Waals surface area contributed by atoms with Gasteiger partial charge in [0.2, 0.25) is 0 Å². The van der Waals surface area contributed by atoms with Crippen LogP contribution in [0.1, 0.15) is 5.56 Å². The molecule has 0 bridgehead atoms. The molecule has 152 valence electrons. The first-order chi connectivity index (χ1) is 14.4. The van der Waals surface area contributed by atoms with E-state index in [2.05, 4.69) is 0 Å². The van der Waals surface area contributed by atoms with Crippen molar-refractivity contribution in [2.24, 2.45) is 7.05 Å². The molecule has 0 saturated carbocycles. The van der Waals surface area contributed by atoms with E-state index in [0.29, 0.717) is 11.3 Å². The third-order valence-electron chi connectivity index (χ3n) is 4.96. The van der Waals surface area contributed by atoms with Crippen LogP contribution in [0.2, 0.25) is 0 Å². The van der Waals surface area contributed by atoms with E-state index < -0.39 is 11.7 Å². The summed E-state index contributed by atoms with van der Waals surface area (Å²) in [5.41, 5.74) is 4.08. The Hall–Kier alpha value is -3.54. The Morgan fingerprint density at radius 1 is 0.767 bits per heavy atom. The van der Waals surface area contributed by atoms with Crippen molar-refractivity contribution in [1.82, 2.24) is 9.78 Å². The maximum Gasteiger partial charge on any atom is 0.416 e. The van der Waals surface area contributed by atoms with Crippen LogP contribution in [0.4, 0.5) is 13.2 Å². The number of hydrogen-bond acceptors (Lipinski definition) is 2. The molecule has 0 amide bonds. The molecular formula is C24H19F3N2O. The van der Waals surface area contributed by atoms with E-state index in [0.717, 1.165) is 40.3 Å². The fraction of sp³-hybridized carbons (Fsp3) is 0.125. The lowest BCUT2D eigenvalue weighted by molar-refractivity contribution is -0.137. The second-order valence-electron chi connectivity index (χ2n) is 6.87. The number of aromatic nitrogens is 2. The molecule has 0 fully saturated rings. The maximum absolute atomic E-state index is 13.1. The first-order valence-corrected chi connectivity index (χ1v) is 9.33. The first-order valence-electron chi connectivity index (χ1n) is 9.33. The van der Waals surface area contributed by atoms with E-state index in [1.807, 2.05) is 61.6 Å². The van der Waals surface area contributed by atoms with Gasteiger partial charge in [-0.2, -0.15) is 18.3 Å². The lowest BCUT2D eigenvalue weighted by Gasteiger charge is -2.11. The summed E-state index contributed by atoms with van der Waals surface area (Å²) in [5, 5.41) is 4.71. The SMILES string of the molecule is COc1ccc(-c2c(-c3ccc(C(F)(F)F)cc3)c(-c3ccccc3)nn2C)cc1. The van der Waals surface area contributed by atoms with Crippen molar-refractivity contribution in [3.8, 4) is 39.4 Å². The van der Waals surface area contributed by atoms with Crippen molar-refractivity contribution >= 4 is 0 Å². The molecule has 6 heteroatoms. The highest BCUT2D eigenvalue weighted by molar-refractivity contribution is 5.91. The highest BCUT2D eigenvalue weighted by Gasteiger charge is 2.30. The minimum absolute atomic E-state index is 0.667. The van der Waals surface area contributed by atoms with E-state index in [1.165, 1.54) is 12.1 Å². The van der Waals surface area contributed by atoms with Crippen LogP contribution in [-0.2, 0) is 13.2 Å². The summed E-state index contributed by atoms with van der Waals surface area (Å²) >= 11 is 0. The standard InChI is InChI=1S/C24H19F3N2O/c1-29-23(18-10-14-20(30-2)15-11-18)21(22(28-29)17-6-4-3-5-7-17)16-8-12-19(13-9-16)24(25,26)27/h3-15H,1-2H3. The molecule has 1 aromatic heterocycles. The summed E-state index contributed by atoms with van der Waals surface area (Å²) in [5.74, 6) is 0.722. The summed E-state index contributed by atoms with van der Waals surface area (Å²) in [7, 11) is 3.43. The Morgan fingerprint density at radius 3 is 1.93 bits per heavy atom. The highest BCUT2D eigenvalue weighted by atomic mass is 19.4. The van der Waals surface area contributed by atoms with Crippen LogP contribution in [0.25, 0.3) is 33.6 Å². The Balaban J connectivity index is 1.93. The molecule has 0 atom stereocenters. The van der Waals surface area contributed by atoms with Gasteiger partial charge in [0, 0.05) is 23.7 Å². The van der Waals surface area contributed by atoms with Crippen molar-refractivity contribution in [2.75, 3.05) is 7.11 Å². The highest BCUT2D eigenvalue weighted by Crippen LogP contribution is 2.41. The molecule has 4 rings (SSSR count). The predicted octanol–water partition coefficient (Wildman–Crippen LogP) is 6.45. The Labute approximate surface area is 172 Å². The fourth-order valence-electron chi connectivity index (χ4n) is 3.50. The van der Waals surface area contributed by atoms with Gasteiger partial charge < -0.3 is 4.74 Å². The topological polar surface area (TPSA) is 27.1 Å². The van der Waals surface area contributed by atoms with Crippen LogP contribution in [0.5, 0.6) is 5.75 Å². The largest absolute Gasteiger partial charge is 0.497 e. The number of methoxy groups -OCH3 is 1. The van der Waals surface area contributed by atoms with Crippen molar-refractivity contribution in [1.29, 1.82) is 0 Å². The van der Waals surface area contributed by atoms with Gasteiger partial charge in [0.05, 0.1) is 18.4 Å². The Kier molecular flexibility index (Phi) is 5.08. The number of aryl methyl sites for hydroxylation is 1. The molecular weight excluding hydrogens is 389 g/mol. The first kappa shape index (κ1) is 19.8. The number of nitrogens with zero attached hydrogens (tertiary/aromatic N) is 2. The number of ether oxygens (including phenoxy) is 1. The molecule has 3 aromatic carbocycles. The molecule has 0 radical (unpaired) electrons. The number of rotatable bonds is 4. The number of benzene rings is 3. The summed E-state index contributed by atoms with van der Waals surface area (Å²) in [4.78, 5) is 0. The predicted molar refractivity (Wildman–Crippen MR) is 111 cm³/mol. The van der Waals surface area contributed by atoms with Gasteiger partial charge in [-0.05, 0) is 42.0 Å². The van der Waals surface area contributed by atoms with Gasteiger partial charge in [-0.1, -0.05) is 42.5 Å². The van der Waals surface area contributed by atoms with Gasteiger partial charge in [-0.25, -0.2) is 0 Å². The molecule has 0 unspecified atom stereocenters. The molecule has 0 N–H and O–H groups in total. The van der Waals surface area contributed by atoms with Gasteiger partial charge in [0.1, 0.15) is 11.4 Å². The average Bonchev–Trinajstić information content (AvgIpc) is 3.11. The third kappa shape index (κ3) is 3.68. The Morgan fingerprint density at radius 2 is 1.37 bits per heavy atom. The van der Waals surface area contributed by atoms with Gasteiger partial charge in [-0.15, -0.1) is 0 Å². The zero-order valence-electron chi connectivity index (χ0n) is 16.4. The van der Waals surface area contributed by atoms with Crippen molar-refractivity contribution < 1.29 is 17.9 Å². The second-order valence-corrected chi connectivity index (χ2v) is 6.87. The van der Waals surface area contributed by atoms with Gasteiger partial charge in [-0.3, -0.25) is 4.68 Å². The van der Waals surface area contributed by atoms with E-state index >= 15 is 0 Å². The van der Waals surface area contributed by atoms with E-state index in [1.54, 1.807) is 11.8 Å². The molecule has 0 aliphatic rings. The van der Waals surface area contributed by atoms with Gasteiger partial charge in [0.25, 0.3) is 0 Å². The van der Waals surface area contributed by atoms with Crippen LogP contribution in [0.3, 0.4) is 0 Å². The molecule has 0 saturated heterocycles. The number of alkyl halides is 3. The van der Waals surface area contributed by atoms with Crippen LogP contribution in [0.15, 0.2) is 78.9 Å². The molecule has 1 heterocycles. The third-order valence-corrected chi connectivity index (χ3v) is 4.96. The molecule has 4 aromatic rings. The van der Waals surface area contributed by atoms with Crippen LogP contribution >= 0.6 is 0 Å². The molecule has 30 heavy (non-hydrogen) atoms. The molecule has 3 nitrogen and oxygen atoms in total. The van der Waals surface area contributed by atoms with E-state index in [9.17, 15) is 13.2 Å². The number of halogens is 3. The quantitative estimate of drug-likeness (QED) is 0.388. The minimum Gasteiger partial charge on any atom is -0.497 e. The minimum atomic E-state index is -4.38. The summed E-state index contributed by atoms with van der Waals surface area (Å²) in [6.45, 7) is 0. The normalized spacial score (nSPS) is 11.5. The van der Waals surface area contributed by atoms with Gasteiger partial charge >= 0.3 is 6.18 Å². The zero-order valence-corrected chi connectivity index (χ0v) is 16.4. The van der Waals surface area contributed by atoms with E-state index in [-0.39, 0.29) is 0 Å². The van der Waals surface area contributed by atoms with Crippen molar-refractivity contribution in [2.45, 2.75) is 6.18 Å². The van der Waals surface area contributed by atoms with Crippen molar-refractivity contribution in [3.05, 3.63) is 84.4 Å². The fourth-order valence-corrected chi connectivity index (χ4v) is 3.50. The lowest BCUT2D eigenvalue weighted by Crippen LogP contribution is -2.04. The lowest BCUT2D eigenvalue weighted by atomic mass is 9.95. The Bertz CT molecular complexity index is 1150. The van der Waals surface area contributed by atoms with Gasteiger partial charge in [0.15, 0.2) is 0 Å². The van der Waals surface area contributed by atoms with Crippen LogP contribution < -0.4 is 4.74 Å². The molecule has 0 spiro atoms. The van der Waals surface area contributed by atoms with Crippen LogP contribution in [0, 0.1) is 0 Å². The van der Waals surface area contributed by atoms with Crippen molar-refractivity contribution in [3.63, 3.8) is 0 Å². The maximum atomic E-state index is 13.1. The molecule has 0 aliphatic heterocycles. The second kappa shape index (κ2) is 7.71. The average molecular weight is 408 g/mol. The zero-order chi connectivity index (χ0) is 21.3. The van der Waals surface area contributed by atoms with Crippen LogP contribution in [-0.4, -0.2) is 16.9 Å². The summed E-state index contributed by atoms with van der Waals surface area (Å²) in [6.07, 6.45) is -4.38. The molecule has 0 aliphatic carbocycles. The number of hydrogen-bond donors (Lipinski definition) is 0. The smallest absolute Gasteiger partial charge is 0.416 e.